The molecule has 0 saturated heterocycles. The number of ether oxygens (including phenoxy) is 1. The number of hydrogen-bond donors (Lipinski definition) is 1. The van der Waals surface area contributed by atoms with E-state index in [1.165, 1.54) is 0 Å². The van der Waals surface area contributed by atoms with Crippen molar-refractivity contribution in [1.82, 2.24) is 4.98 Å². The number of rotatable bonds is 5. The highest BCUT2D eigenvalue weighted by Gasteiger charge is 2.04. The van der Waals surface area contributed by atoms with Crippen LogP contribution in [-0.4, -0.2) is 18.1 Å². The zero-order valence-corrected chi connectivity index (χ0v) is 9.73. The summed E-state index contributed by atoms with van der Waals surface area (Å²) in [5.41, 5.74) is 6.59. The standard InChI is InChI=1S/C12H20N2O/c1-9(2)8-15-11-4-5-12(14-7-11)10(3)6-13/h4-5,7,9-10H,6,8,13H2,1-3H3. The van der Waals surface area contributed by atoms with Crippen LogP contribution in [0.3, 0.4) is 0 Å². The van der Waals surface area contributed by atoms with Gasteiger partial charge in [0, 0.05) is 18.2 Å². The van der Waals surface area contributed by atoms with E-state index in [2.05, 4.69) is 25.8 Å². The van der Waals surface area contributed by atoms with Crippen LogP contribution in [0.25, 0.3) is 0 Å². The molecular formula is C12H20N2O. The van der Waals surface area contributed by atoms with E-state index in [1.807, 2.05) is 12.1 Å². The van der Waals surface area contributed by atoms with Gasteiger partial charge in [0.05, 0.1) is 12.8 Å². The number of aromatic nitrogens is 1. The third-order valence-corrected chi connectivity index (χ3v) is 2.20. The molecule has 1 aromatic rings. The van der Waals surface area contributed by atoms with Gasteiger partial charge in [0.1, 0.15) is 5.75 Å². The summed E-state index contributed by atoms with van der Waals surface area (Å²) in [5.74, 6) is 1.67. The summed E-state index contributed by atoms with van der Waals surface area (Å²) < 4.78 is 5.54. The van der Waals surface area contributed by atoms with Gasteiger partial charge in [0.25, 0.3) is 0 Å². The van der Waals surface area contributed by atoms with Gasteiger partial charge in [0.15, 0.2) is 0 Å². The van der Waals surface area contributed by atoms with E-state index in [9.17, 15) is 0 Å². The average molecular weight is 208 g/mol. The van der Waals surface area contributed by atoms with Crippen LogP contribution in [0.4, 0.5) is 0 Å². The lowest BCUT2D eigenvalue weighted by Gasteiger charge is -2.10. The normalized spacial score (nSPS) is 12.9. The van der Waals surface area contributed by atoms with E-state index in [0.717, 1.165) is 18.1 Å². The van der Waals surface area contributed by atoms with Crippen molar-refractivity contribution in [2.24, 2.45) is 11.7 Å². The monoisotopic (exact) mass is 208 g/mol. The van der Waals surface area contributed by atoms with E-state index < -0.39 is 0 Å². The molecule has 1 heterocycles. The van der Waals surface area contributed by atoms with Crippen LogP contribution >= 0.6 is 0 Å². The molecule has 0 spiro atoms. The van der Waals surface area contributed by atoms with E-state index in [-0.39, 0.29) is 0 Å². The van der Waals surface area contributed by atoms with Crippen molar-refractivity contribution in [3.8, 4) is 5.75 Å². The van der Waals surface area contributed by atoms with Gasteiger partial charge >= 0.3 is 0 Å². The van der Waals surface area contributed by atoms with E-state index in [1.54, 1.807) is 6.20 Å². The SMILES string of the molecule is CC(C)COc1ccc(C(C)CN)nc1. The third kappa shape index (κ3) is 3.88. The molecule has 3 nitrogen and oxygen atoms in total. The highest BCUT2D eigenvalue weighted by Crippen LogP contribution is 2.15. The first-order valence-corrected chi connectivity index (χ1v) is 5.42. The lowest BCUT2D eigenvalue weighted by Crippen LogP contribution is -2.10. The lowest BCUT2D eigenvalue weighted by atomic mass is 10.1. The van der Waals surface area contributed by atoms with Crippen LogP contribution in [0, 0.1) is 5.92 Å². The smallest absolute Gasteiger partial charge is 0.137 e. The number of hydrogen-bond acceptors (Lipinski definition) is 3. The molecule has 15 heavy (non-hydrogen) atoms. The lowest BCUT2D eigenvalue weighted by molar-refractivity contribution is 0.270. The molecule has 0 aliphatic rings. The number of pyridine rings is 1. The Labute approximate surface area is 91.7 Å². The Morgan fingerprint density at radius 3 is 2.53 bits per heavy atom. The summed E-state index contributed by atoms with van der Waals surface area (Å²) in [5, 5.41) is 0. The zero-order valence-electron chi connectivity index (χ0n) is 9.73. The van der Waals surface area contributed by atoms with Gasteiger partial charge in [0.2, 0.25) is 0 Å². The van der Waals surface area contributed by atoms with Crippen LogP contribution in [-0.2, 0) is 0 Å². The van der Waals surface area contributed by atoms with Crippen molar-refractivity contribution < 1.29 is 4.74 Å². The number of nitrogens with zero attached hydrogens (tertiary/aromatic N) is 1. The first-order chi connectivity index (χ1) is 7.13. The van der Waals surface area contributed by atoms with Gasteiger partial charge in [-0.1, -0.05) is 20.8 Å². The molecule has 0 amide bonds. The quantitative estimate of drug-likeness (QED) is 0.806. The molecule has 84 valence electrons. The molecule has 0 aliphatic carbocycles. The minimum Gasteiger partial charge on any atom is -0.492 e. The summed E-state index contributed by atoms with van der Waals surface area (Å²) in [7, 11) is 0. The molecular weight excluding hydrogens is 188 g/mol. The van der Waals surface area contributed by atoms with E-state index in [0.29, 0.717) is 18.4 Å². The molecule has 3 heteroatoms. The molecule has 2 N–H and O–H groups in total. The first-order valence-electron chi connectivity index (χ1n) is 5.42. The van der Waals surface area contributed by atoms with Crippen LogP contribution in [0.15, 0.2) is 18.3 Å². The minimum atomic E-state index is 0.309. The topological polar surface area (TPSA) is 48.1 Å². The molecule has 0 fully saturated rings. The van der Waals surface area contributed by atoms with Gasteiger partial charge in [-0.3, -0.25) is 4.98 Å². The van der Waals surface area contributed by atoms with Crippen molar-refractivity contribution in [3.63, 3.8) is 0 Å². The van der Waals surface area contributed by atoms with Gasteiger partial charge in [-0.25, -0.2) is 0 Å². The third-order valence-electron chi connectivity index (χ3n) is 2.20. The van der Waals surface area contributed by atoms with E-state index >= 15 is 0 Å². The highest BCUT2D eigenvalue weighted by molar-refractivity contribution is 5.21. The van der Waals surface area contributed by atoms with Crippen LogP contribution in [0.2, 0.25) is 0 Å². The largest absolute Gasteiger partial charge is 0.492 e. The molecule has 1 aromatic heterocycles. The average Bonchev–Trinajstić information content (AvgIpc) is 2.26. The fraction of sp³-hybridized carbons (Fsp3) is 0.583. The molecule has 1 atom stereocenters. The predicted molar refractivity (Wildman–Crippen MR) is 62.0 cm³/mol. The summed E-state index contributed by atoms with van der Waals surface area (Å²) in [4.78, 5) is 4.32. The van der Waals surface area contributed by atoms with Crippen molar-refractivity contribution >= 4 is 0 Å². The second-order valence-electron chi connectivity index (χ2n) is 4.26. The summed E-state index contributed by atoms with van der Waals surface area (Å²) in [6.07, 6.45) is 1.77. The van der Waals surface area contributed by atoms with Gasteiger partial charge < -0.3 is 10.5 Å². The minimum absolute atomic E-state index is 0.309. The zero-order chi connectivity index (χ0) is 11.3. The van der Waals surface area contributed by atoms with Gasteiger partial charge in [-0.05, 0) is 18.1 Å². The Morgan fingerprint density at radius 1 is 1.33 bits per heavy atom. The predicted octanol–water partition coefficient (Wildman–Crippen LogP) is 2.18. The fourth-order valence-electron chi connectivity index (χ4n) is 1.15. The van der Waals surface area contributed by atoms with Gasteiger partial charge in [-0.2, -0.15) is 0 Å². The van der Waals surface area contributed by atoms with Crippen LogP contribution in [0.5, 0.6) is 5.75 Å². The number of nitrogens with two attached hydrogens (primary N) is 1. The van der Waals surface area contributed by atoms with Crippen molar-refractivity contribution in [2.45, 2.75) is 26.7 Å². The maximum atomic E-state index is 5.57. The summed E-state index contributed by atoms with van der Waals surface area (Å²) >= 11 is 0. The maximum Gasteiger partial charge on any atom is 0.137 e. The van der Waals surface area contributed by atoms with Crippen molar-refractivity contribution in [3.05, 3.63) is 24.0 Å². The molecule has 0 radical (unpaired) electrons. The highest BCUT2D eigenvalue weighted by atomic mass is 16.5. The first kappa shape index (κ1) is 12.0. The Balaban J connectivity index is 2.56. The molecule has 0 bridgehead atoms. The molecule has 0 saturated carbocycles. The Kier molecular flexibility index (Phi) is 4.56. The second-order valence-corrected chi connectivity index (χ2v) is 4.26. The van der Waals surface area contributed by atoms with Crippen LogP contribution < -0.4 is 10.5 Å². The fourth-order valence-corrected chi connectivity index (χ4v) is 1.15. The van der Waals surface area contributed by atoms with Crippen LogP contribution in [0.1, 0.15) is 32.4 Å². The van der Waals surface area contributed by atoms with E-state index in [4.69, 9.17) is 10.5 Å². The Bertz CT molecular complexity index is 282. The second kappa shape index (κ2) is 5.71. The maximum absolute atomic E-state index is 5.57. The Hall–Kier alpha value is -1.09. The van der Waals surface area contributed by atoms with Crippen molar-refractivity contribution in [2.75, 3.05) is 13.2 Å². The molecule has 0 aliphatic heterocycles. The summed E-state index contributed by atoms with van der Waals surface area (Å²) in [6, 6.07) is 3.93. The Morgan fingerprint density at radius 2 is 2.07 bits per heavy atom. The van der Waals surface area contributed by atoms with Crippen molar-refractivity contribution in [1.29, 1.82) is 0 Å². The molecule has 1 unspecified atom stereocenters. The van der Waals surface area contributed by atoms with Gasteiger partial charge in [-0.15, -0.1) is 0 Å². The summed E-state index contributed by atoms with van der Waals surface area (Å²) in [6.45, 7) is 7.67. The molecule has 0 aromatic carbocycles. The molecule has 1 rings (SSSR count).